The molecular formula is C18H17N5O2S. The molecule has 0 bridgehead atoms. The summed E-state index contributed by atoms with van der Waals surface area (Å²) in [5, 5.41) is 5.40. The fourth-order valence-electron chi connectivity index (χ4n) is 2.83. The van der Waals surface area contributed by atoms with E-state index in [2.05, 4.69) is 10.1 Å². The normalized spacial score (nSPS) is 11.2. The number of hydrogen-bond acceptors (Lipinski definition) is 6. The quantitative estimate of drug-likeness (QED) is 0.556. The van der Waals surface area contributed by atoms with Crippen molar-refractivity contribution in [3.63, 3.8) is 0 Å². The monoisotopic (exact) mass is 367 g/mol. The lowest BCUT2D eigenvalue weighted by Crippen LogP contribution is -2.21. The van der Waals surface area contributed by atoms with Crippen molar-refractivity contribution in [2.24, 2.45) is 0 Å². The Morgan fingerprint density at radius 3 is 2.85 bits per heavy atom. The van der Waals surface area contributed by atoms with Gasteiger partial charge in [-0.2, -0.15) is 0 Å². The van der Waals surface area contributed by atoms with Gasteiger partial charge >= 0.3 is 0 Å². The molecule has 0 radical (unpaired) electrons. The standard InChI is InChI=1S/C18H17N5O2S/c1-10-13-16-20-15(11-6-5-7-12(8-11)25-4)21-23(16)9-19-17(13)26-14(10)18(24)22(2)3/h5-9H,1-4H3. The van der Waals surface area contributed by atoms with E-state index in [1.807, 2.05) is 31.2 Å². The van der Waals surface area contributed by atoms with E-state index in [9.17, 15) is 4.79 Å². The van der Waals surface area contributed by atoms with Gasteiger partial charge in [0.05, 0.1) is 17.4 Å². The van der Waals surface area contributed by atoms with Gasteiger partial charge in [0.25, 0.3) is 5.91 Å². The van der Waals surface area contributed by atoms with Gasteiger partial charge in [-0.05, 0) is 24.6 Å². The third-order valence-electron chi connectivity index (χ3n) is 4.20. The fourth-order valence-corrected chi connectivity index (χ4v) is 3.99. The molecule has 0 saturated heterocycles. The molecule has 0 atom stereocenters. The van der Waals surface area contributed by atoms with Crippen LogP contribution in [-0.4, -0.2) is 51.6 Å². The van der Waals surface area contributed by atoms with Gasteiger partial charge in [-0.25, -0.2) is 14.5 Å². The van der Waals surface area contributed by atoms with Crippen molar-refractivity contribution in [2.75, 3.05) is 21.2 Å². The van der Waals surface area contributed by atoms with Crippen molar-refractivity contribution < 1.29 is 9.53 Å². The van der Waals surface area contributed by atoms with Crippen LogP contribution in [0.1, 0.15) is 15.2 Å². The van der Waals surface area contributed by atoms with Crippen molar-refractivity contribution in [3.05, 3.63) is 41.0 Å². The van der Waals surface area contributed by atoms with Gasteiger partial charge < -0.3 is 9.64 Å². The number of rotatable bonds is 3. The van der Waals surface area contributed by atoms with Crippen LogP contribution in [0.25, 0.3) is 27.3 Å². The molecule has 0 spiro atoms. The molecule has 1 amide bonds. The molecule has 26 heavy (non-hydrogen) atoms. The van der Waals surface area contributed by atoms with Crippen LogP contribution in [0.5, 0.6) is 5.75 Å². The molecule has 1 aromatic carbocycles. The molecule has 0 aliphatic rings. The Morgan fingerprint density at radius 1 is 1.31 bits per heavy atom. The number of benzene rings is 1. The minimum absolute atomic E-state index is 0.0313. The molecule has 3 heterocycles. The van der Waals surface area contributed by atoms with Gasteiger partial charge in [0.1, 0.15) is 16.9 Å². The van der Waals surface area contributed by atoms with Gasteiger partial charge in [0.15, 0.2) is 11.5 Å². The molecule has 3 aromatic heterocycles. The summed E-state index contributed by atoms with van der Waals surface area (Å²) in [4.78, 5) is 24.6. The molecule has 0 aliphatic carbocycles. The number of aryl methyl sites for hydroxylation is 1. The van der Waals surface area contributed by atoms with E-state index >= 15 is 0 Å². The van der Waals surface area contributed by atoms with E-state index in [1.54, 1.807) is 36.9 Å². The number of methoxy groups -OCH3 is 1. The smallest absolute Gasteiger partial charge is 0.263 e. The molecule has 0 saturated carbocycles. The van der Waals surface area contributed by atoms with Crippen molar-refractivity contribution in [1.29, 1.82) is 0 Å². The summed E-state index contributed by atoms with van der Waals surface area (Å²) in [6, 6.07) is 7.60. The highest BCUT2D eigenvalue weighted by Crippen LogP contribution is 2.33. The Hall–Kier alpha value is -3.00. The molecule has 132 valence electrons. The first kappa shape index (κ1) is 16.5. The number of hydrogen-bond donors (Lipinski definition) is 0. The lowest BCUT2D eigenvalue weighted by atomic mass is 10.2. The summed E-state index contributed by atoms with van der Waals surface area (Å²) in [5.41, 5.74) is 2.43. The lowest BCUT2D eigenvalue weighted by Gasteiger charge is -2.08. The van der Waals surface area contributed by atoms with Crippen molar-refractivity contribution in [3.8, 4) is 17.1 Å². The summed E-state index contributed by atoms with van der Waals surface area (Å²) in [7, 11) is 5.11. The molecule has 4 aromatic rings. The number of ether oxygens (including phenoxy) is 1. The summed E-state index contributed by atoms with van der Waals surface area (Å²) in [6.45, 7) is 1.93. The van der Waals surface area contributed by atoms with E-state index in [-0.39, 0.29) is 5.91 Å². The largest absolute Gasteiger partial charge is 0.497 e. The number of amides is 1. The van der Waals surface area contributed by atoms with Crippen molar-refractivity contribution in [1.82, 2.24) is 24.5 Å². The highest BCUT2D eigenvalue weighted by molar-refractivity contribution is 7.20. The second-order valence-electron chi connectivity index (χ2n) is 6.12. The Balaban J connectivity index is 1.93. The minimum Gasteiger partial charge on any atom is -0.497 e. The Bertz CT molecular complexity index is 1150. The lowest BCUT2D eigenvalue weighted by molar-refractivity contribution is 0.0831. The summed E-state index contributed by atoms with van der Waals surface area (Å²) >= 11 is 1.38. The average Bonchev–Trinajstić information content (AvgIpc) is 3.22. The van der Waals surface area contributed by atoms with Crippen LogP contribution < -0.4 is 4.74 Å². The number of carbonyl (C=O) groups excluding carboxylic acids is 1. The van der Waals surface area contributed by atoms with Crippen LogP contribution in [0.15, 0.2) is 30.6 Å². The average molecular weight is 367 g/mol. The molecular weight excluding hydrogens is 350 g/mol. The predicted octanol–water partition coefficient (Wildman–Crippen LogP) is 3.02. The van der Waals surface area contributed by atoms with E-state index in [0.29, 0.717) is 16.3 Å². The first-order valence-electron chi connectivity index (χ1n) is 8.00. The first-order valence-corrected chi connectivity index (χ1v) is 8.82. The van der Waals surface area contributed by atoms with E-state index in [0.717, 1.165) is 27.1 Å². The number of thiophene rings is 1. The fraction of sp³-hybridized carbons (Fsp3) is 0.222. The molecule has 4 rings (SSSR count). The van der Waals surface area contributed by atoms with Gasteiger partial charge in [0, 0.05) is 19.7 Å². The van der Waals surface area contributed by atoms with E-state index in [1.165, 1.54) is 11.3 Å². The van der Waals surface area contributed by atoms with E-state index < -0.39 is 0 Å². The highest BCUT2D eigenvalue weighted by Gasteiger charge is 2.21. The topological polar surface area (TPSA) is 72.6 Å². The second-order valence-corrected chi connectivity index (χ2v) is 7.12. The zero-order chi connectivity index (χ0) is 18.4. The van der Waals surface area contributed by atoms with Gasteiger partial charge in [0.2, 0.25) is 0 Å². The molecule has 0 N–H and O–H groups in total. The molecule has 0 fully saturated rings. The third-order valence-corrected chi connectivity index (χ3v) is 5.38. The van der Waals surface area contributed by atoms with Crippen LogP contribution in [0, 0.1) is 6.92 Å². The van der Waals surface area contributed by atoms with E-state index in [4.69, 9.17) is 9.72 Å². The Morgan fingerprint density at radius 2 is 2.12 bits per heavy atom. The Kier molecular flexibility index (Phi) is 3.84. The molecule has 8 heteroatoms. The third kappa shape index (κ3) is 2.50. The molecule has 0 aliphatic heterocycles. The van der Waals surface area contributed by atoms with Gasteiger partial charge in [-0.15, -0.1) is 16.4 Å². The number of aromatic nitrogens is 4. The Labute approximate surface area is 153 Å². The summed E-state index contributed by atoms with van der Waals surface area (Å²) in [5.74, 6) is 1.30. The predicted molar refractivity (Wildman–Crippen MR) is 101 cm³/mol. The molecule has 7 nitrogen and oxygen atoms in total. The van der Waals surface area contributed by atoms with Crippen LogP contribution in [-0.2, 0) is 0 Å². The maximum absolute atomic E-state index is 12.4. The zero-order valence-electron chi connectivity index (χ0n) is 14.8. The number of carbonyl (C=O) groups is 1. The van der Waals surface area contributed by atoms with Gasteiger partial charge in [-0.3, -0.25) is 4.79 Å². The maximum atomic E-state index is 12.4. The van der Waals surface area contributed by atoms with Gasteiger partial charge in [-0.1, -0.05) is 12.1 Å². The van der Waals surface area contributed by atoms with Crippen molar-refractivity contribution >= 4 is 33.1 Å². The van der Waals surface area contributed by atoms with Crippen LogP contribution in [0.3, 0.4) is 0 Å². The summed E-state index contributed by atoms with van der Waals surface area (Å²) in [6.07, 6.45) is 1.63. The SMILES string of the molecule is COc1cccc(-c2nc3c4c(C)c(C(=O)N(C)C)sc4ncn3n2)c1. The minimum atomic E-state index is -0.0313. The van der Waals surface area contributed by atoms with Crippen LogP contribution in [0.4, 0.5) is 0 Å². The first-order chi connectivity index (χ1) is 12.5. The second kappa shape index (κ2) is 6.06. The van der Waals surface area contributed by atoms with Crippen molar-refractivity contribution in [2.45, 2.75) is 6.92 Å². The maximum Gasteiger partial charge on any atom is 0.263 e. The van der Waals surface area contributed by atoms with Crippen LogP contribution >= 0.6 is 11.3 Å². The van der Waals surface area contributed by atoms with Crippen LogP contribution in [0.2, 0.25) is 0 Å². The molecule has 0 unspecified atom stereocenters. The number of nitrogens with zero attached hydrogens (tertiary/aromatic N) is 5. The zero-order valence-corrected chi connectivity index (χ0v) is 15.7. The highest BCUT2D eigenvalue weighted by atomic mass is 32.1. The number of fused-ring (bicyclic) bond motifs is 3. The summed E-state index contributed by atoms with van der Waals surface area (Å²) < 4.78 is 6.93.